The minimum absolute atomic E-state index is 0.0408. The van der Waals surface area contributed by atoms with E-state index in [1.54, 1.807) is 4.68 Å². The number of piperidine rings is 1. The number of nitrogens with one attached hydrogen (secondary N) is 1. The number of carbonyl (C=O) groups is 1. The first-order valence-corrected chi connectivity index (χ1v) is 11.9. The average molecular weight is 425 g/mol. The molecule has 2 aromatic rings. The molecule has 2 aliphatic rings. The van der Waals surface area contributed by atoms with Crippen LogP contribution in [0.1, 0.15) is 81.4 Å². The molecule has 2 fully saturated rings. The lowest BCUT2D eigenvalue weighted by molar-refractivity contribution is -0.125. The van der Waals surface area contributed by atoms with Crippen LogP contribution in [0.3, 0.4) is 0 Å². The standard InChI is InChI=1S/C25H36N4O2/c1-18(2)23-11-7-8-16-28(23)31-22-14-12-21(13-15-22)29-24(17-19(3)27-29)25(30)26-20-9-5-4-6-10-20/h12-15,17-18,20,23H,4-11,16H2,1-3H3,(H,26,30). The second-order valence-electron chi connectivity index (χ2n) is 9.42. The van der Waals surface area contributed by atoms with Crippen LogP contribution in [0.25, 0.3) is 5.69 Å². The number of rotatable bonds is 6. The molecule has 1 aromatic heterocycles. The van der Waals surface area contributed by atoms with E-state index in [-0.39, 0.29) is 11.9 Å². The maximum absolute atomic E-state index is 12.9. The number of amides is 1. The van der Waals surface area contributed by atoms with E-state index in [0.717, 1.165) is 36.5 Å². The van der Waals surface area contributed by atoms with E-state index in [1.807, 2.05) is 37.3 Å². The van der Waals surface area contributed by atoms with Crippen molar-refractivity contribution in [1.82, 2.24) is 20.2 Å². The molecule has 1 aliphatic heterocycles. The van der Waals surface area contributed by atoms with Gasteiger partial charge >= 0.3 is 0 Å². The number of aryl methyl sites for hydroxylation is 1. The number of nitrogens with zero attached hydrogens (tertiary/aromatic N) is 3. The van der Waals surface area contributed by atoms with Gasteiger partial charge in [-0.05, 0) is 68.9 Å². The molecule has 1 aliphatic carbocycles. The highest BCUT2D eigenvalue weighted by atomic mass is 16.7. The summed E-state index contributed by atoms with van der Waals surface area (Å²) in [7, 11) is 0. The number of hydrogen-bond donors (Lipinski definition) is 1. The summed E-state index contributed by atoms with van der Waals surface area (Å²) < 4.78 is 1.75. The van der Waals surface area contributed by atoms with E-state index in [4.69, 9.17) is 4.84 Å². The smallest absolute Gasteiger partial charge is 0.270 e. The Morgan fingerprint density at radius 1 is 1.06 bits per heavy atom. The lowest BCUT2D eigenvalue weighted by Crippen LogP contribution is -2.44. The molecule has 0 spiro atoms. The van der Waals surface area contributed by atoms with E-state index in [0.29, 0.717) is 17.7 Å². The zero-order valence-corrected chi connectivity index (χ0v) is 19.1. The third-order valence-electron chi connectivity index (χ3n) is 6.58. The van der Waals surface area contributed by atoms with Crippen molar-refractivity contribution in [2.24, 2.45) is 5.92 Å². The lowest BCUT2D eigenvalue weighted by atomic mass is 9.95. The van der Waals surface area contributed by atoms with Gasteiger partial charge in [-0.25, -0.2) is 4.68 Å². The predicted octanol–water partition coefficient (Wildman–Crippen LogP) is 5.05. The van der Waals surface area contributed by atoms with Crippen LogP contribution in [-0.2, 0) is 0 Å². The summed E-state index contributed by atoms with van der Waals surface area (Å²) in [6.07, 6.45) is 9.42. The predicted molar refractivity (Wildman–Crippen MR) is 122 cm³/mol. The lowest BCUT2D eigenvalue weighted by Gasteiger charge is -2.36. The van der Waals surface area contributed by atoms with Gasteiger partial charge in [0.1, 0.15) is 11.4 Å². The van der Waals surface area contributed by atoms with Gasteiger partial charge in [-0.2, -0.15) is 5.10 Å². The minimum Gasteiger partial charge on any atom is -0.406 e. The first-order chi connectivity index (χ1) is 15.0. The van der Waals surface area contributed by atoms with Gasteiger partial charge < -0.3 is 10.2 Å². The van der Waals surface area contributed by atoms with Gasteiger partial charge in [-0.1, -0.05) is 39.5 Å². The van der Waals surface area contributed by atoms with Crippen LogP contribution < -0.4 is 10.2 Å². The van der Waals surface area contributed by atoms with Gasteiger partial charge in [0.15, 0.2) is 0 Å². The molecule has 1 saturated heterocycles. The Bertz CT molecular complexity index is 868. The molecule has 1 saturated carbocycles. The summed E-state index contributed by atoms with van der Waals surface area (Å²) in [6.45, 7) is 7.41. The Labute approximate surface area is 185 Å². The SMILES string of the molecule is Cc1cc(C(=O)NC2CCCCC2)n(-c2ccc(ON3CCCCC3C(C)C)cc2)n1. The fourth-order valence-corrected chi connectivity index (χ4v) is 4.86. The second kappa shape index (κ2) is 9.86. The van der Waals surface area contributed by atoms with E-state index >= 15 is 0 Å². The van der Waals surface area contributed by atoms with Crippen LogP contribution >= 0.6 is 0 Å². The fraction of sp³-hybridized carbons (Fsp3) is 0.600. The van der Waals surface area contributed by atoms with Crippen LogP contribution in [0.15, 0.2) is 30.3 Å². The van der Waals surface area contributed by atoms with Crippen molar-refractivity contribution in [1.29, 1.82) is 0 Å². The highest BCUT2D eigenvalue weighted by Gasteiger charge is 2.27. The van der Waals surface area contributed by atoms with Crippen molar-refractivity contribution in [3.63, 3.8) is 0 Å². The summed E-state index contributed by atoms with van der Waals surface area (Å²) in [4.78, 5) is 19.2. The summed E-state index contributed by atoms with van der Waals surface area (Å²) in [5.74, 6) is 1.35. The van der Waals surface area contributed by atoms with Gasteiger partial charge in [0.2, 0.25) is 0 Å². The van der Waals surface area contributed by atoms with E-state index in [9.17, 15) is 4.79 Å². The van der Waals surface area contributed by atoms with Crippen molar-refractivity contribution in [3.05, 3.63) is 41.7 Å². The maximum atomic E-state index is 12.9. The highest BCUT2D eigenvalue weighted by molar-refractivity contribution is 5.93. The zero-order valence-electron chi connectivity index (χ0n) is 19.1. The van der Waals surface area contributed by atoms with Crippen molar-refractivity contribution < 1.29 is 9.63 Å². The molecule has 1 unspecified atom stereocenters. The number of carbonyl (C=O) groups excluding carboxylic acids is 1. The number of hydroxylamine groups is 2. The van der Waals surface area contributed by atoms with Crippen LogP contribution in [0.4, 0.5) is 0 Å². The van der Waals surface area contributed by atoms with Crippen LogP contribution in [0.5, 0.6) is 5.75 Å². The number of hydrogen-bond acceptors (Lipinski definition) is 4. The monoisotopic (exact) mass is 424 g/mol. The highest BCUT2D eigenvalue weighted by Crippen LogP contribution is 2.26. The zero-order chi connectivity index (χ0) is 21.8. The van der Waals surface area contributed by atoms with Crippen molar-refractivity contribution in [3.8, 4) is 11.4 Å². The Hall–Kier alpha value is -2.34. The first-order valence-electron chi connectivity index (χ1n) is 11.9. The van der Waals surface area contributed by atoms with Gasteiger partial charge in [-0.15, -0.1) is 5.06 Å². The molecule has 6 nitrogen and oxygen atoms in total. The van der Waals surface area contributed by atoms with Gasteiger partial charge in [-0.3, -0.25) is 4.79 Å². The Kier molecular flexibility index (Phi) is 6.96. The van der Waals surface area contributed by atoms with E-state index < -0.39 is 0 Å². The summed E-state index contributed by atoms with van der Waals surface area (Å²) in [5.41, 5.74) is 2.29. The van der Waals surface area contributed by atoms with Crippen LogP contribution in [0.2, 0.25) is 0 Å². The molecule has 168 valence electrons. The molecule has 0 radical (unpaired) electrons. The Balaban J connectivity index is 1.47. The molecule has 31 heavy (non-hydrogen) atoms. The molecule has 6 heteroatoms. The Morgan fingerprint density at radius 3 is 2.48 bits per heavy atom. The number of benzene rings is 1. The number of aromatic nitrogens is 2. The molecular formula is C25H36N4O2. The first kappa shape index (κ1) is 21.9. The fourth-order valence-electron chi connectivity index (χ4n) is 4.86. The molecular weight excluding hydrogens is 388 g/mol. The van der Waals surface area contributed by atoms with Crippen molar-refractivity contribution in [2.75, 3.05) is 6.54 Å². The molecule has 1 amide bonds. The van der Waals surface area contributed by atoms with Gasteiger partial charge in [0.25, 0.3) is 5.91 Å². The molecule has 1 N–H and O–H groups in total. The second-order valence-corrected chi connectivity index (χ2v) is 9.42. The largest absolute Gasteiger partial charge is 0.406 e. The summed E-state index contributed by atoms with van der Waals surface area (Å²) in [5, 5.41) is 9.93. The van der Waals surface area contributed by atoms with Crippen molar-refractivity contribution >= 4 is 5.91 Å². The molecule has 1 atom stereocenters. The molecule has 1 aromatic carbocycles. The van der Waals surface area contributed by atoms with E-state index in [1.165, 1.54) is 38.5 Å². The topological polar surface area (TPSA) is 59.4 Å². The third-order valence-corrected chi connectivity index (χ3v) is 6.58. The Morgan fingerprint density at radius 2 is 1.77 bits per heavy atom. The normalized spacial score (nSPS) is 20.7. The molecule has 0 bridgehead atoms. The summed E-state index contributed by atoms with van der Waals surface area (Å²) >= 11 is 0. The van der Waals surface area contributed by atoms with Crippen molar-refractivity contribution in [2.45, 2.75) is 84.2 Å². The maximum Gasteiger partial charge on any atom is 0.270 e. The summed E-state index contributed by atoms with van der Waals surface area (Å²) in [6, 6.07) is 10.5. The average Bonchev–Trinajstić information content (AvgIpc) is 3.17. The minimum atomic E-state index is -0.0408. The van der Waals surface area contributed by atoms with Gasteiger partial charge in [0.05, 0.1) is 11.4 Å². The van der Waals surface area contributed by atoms with Crippen LogP contribution in [-0.4, -0.2) is 39.4 Å². The van der Waals surface area contributed by atoms with Gasteiger partial charge in [0, 0.05) is 18.6 Å². The third kappa shape index (κ3) is 5.29. The molecule has 2 heterocycles. The van der Waals surface area contributed by atoms with E-state index in [2.05, 4.69) is 29.3 Å². The van der Waals surface area contributed by atoms with Crippen LogP contribution in [0, 0.1) is 12.8 Å². The quantitative estimate of drug-likeness (QED) is 0.705. The molecule has 4 rings (SSSR count).